The zero-order chi connectivity index (χ0) is 15.3. The molecule has 1 aliphatic heterocycles. The molecule has 0 aliphatic carbocycles. The molecule has 1 heterocycles. The molecule has 1 N–H and O–H groups in total. The number of hydrogen-bond donors (Lipinski definition) is 1. The van der Waals surface area contributed by atoms with Crippen LogP contribution in [0.5, 0.6) is 0 Å². The van der Waals surface area contributed by atoms with Crippen LogP contribution in [0.25, 0.3) is 0 Å². The van der Waals surface area contributed by atoms with Gasteiger partial charge in [0.1, 0.15) is 0 Å². The Morgan fingerprint density at radius 2 is 1.95 bits per heavy atom. The van der Waals surface area contributed by atoms with Crippen molar-refractivity contribution in [2.75, 3.05) is 33.4 Å². The van der Waals surface area contributed by atoms with Gasteiger partial charge in [-0.3, -0.25) is 0 Å². The highest BCUT2D eigenvalue weighted by atomic mass is 16.5. The number of hydrogen-bond acceptors (Lipinski definition) is 3. The summed E-state index contributed by atoms with van der Waals surface area (Å²) in [5.74, 6) is 0.558. The second-order valence-corrected chi connectivity index (χ2v) is 6.91. The van der Waals surface area contributed by atoms with Gasteiger partial charge in [-0.05, 0) is 23.0 Å². The molecule has 3 heteroatoms. The summed E-state index contributed by atoms with van der Waals surface area (Å²) >= 11 is 0. The Balaban J connectivity index is 1.96. The predicted molar refractivity (Wildman–Crippen MR) is 86.7 cm³/mol. The summed E-state index contributed by atoms with van der Waals surface area (Å²) in [6.07, 6.45) is 1.36. The normalized spacial score (nSPS) is 22.7. The van der Waals surface area contributed by atoms with Crippen LogP contribution in [0.4, 0.5) is 0 Å². The molecule has 0 bridgehead atoms. The summed E-state index contributed by atoms with van der Waals surface area (Å²) in [6, 6.07) is 8.95. The van der Waals surface area contributed by atoms with Gasteiger partial charge < -0.3 is 14.8 Å². The second-order valence-electron chi connectivity index (χ2n) is 6.91. The van der Waals surface area contributed by atoms with Crippen molar-refractivity contribution < 1.29 is 9.47 Å². The minimum atomic E-state index is 0.205. The number of ether oxygens (including phenoxy) is 2. The van der Waals surface area contributed by atoms with Crippen molar-refractivity contribution in [2.24, 2.45) is 5.92 Å². The molecule has 0 aromatic heterocycles. The lowest BCUT2D eigenvalue weighted by Crippen LogP contribution is -2.27. The fourth-order valence-electron chi connectivity index (χ4n) is 2.85. The largest absolute Gasteiger partial charge is 0.383 e. The average molecular weight is 291 g/mol. The van der Waals surface area contributed by atoms with Crippen LogP contribution in [0.15, 0.2) is 24.3 Å². The van der Waals surface area contributed by atoms with E-state index in [-0.39, 0.29) is 11.5 Å². The van der Waals surface area contributed by atoms with Crippen molar-refractivity contribution in [1.29, 1.82) is 0 Å². The standard InChI is InChI=1S/C18H29NO2/c1-18(2,3)16-7-5-14(6-8-16)17-15(9-11-21-17)13-19-10-12-20-4/h5-8,15,17,19H,9-13H2,1-4H3. The molecule has 1 aromatic rings. The summed E-state index contributed by atoms with van der Waals surface area (Å²) in [5, 5.41) is 3.46. The van der Waals surface area contributed by atoms with Gasteiger partial charge in [0.2, 0.25) is 0 Å². The molecular formula is C18H29NO2. The molecule has 21 heavy (non-hydrogen) atoms. The van der Waals surface area contributed by atoms with Crippen molar-refractivity contribution in [3.63, 3.8) is 0 Å². The highest BCUT2D eigenvalue weighted by molar-refractivity contribution is 5.29. The van der Waals surface area contributed by atoms with Crippen molar-refractivity contribution in [2.45, 2.75) is 38.7 Å². The summed E-state index contributed by atoms with van der Waals surface area (Å²) < 4.78 is 11.0. The smallest absolute Gasteiger partial charge is 0.0866 e. The van der Waals surface area contributed by atoms with Crippen LogP contribution in [-0.4, -0.2) is 33.4 Å². The van der Waals surface area contributed by atoms with Gasteiger partial charge >= 0.3 is 0 Å². The maximum atomic E-state index is 5.96. The first kappa shape index (κ1) is 16.5. The van der Waals surface area contributed by atoms with Crippen LogP contribution in [0, 0.1) is 5.92 Å². The molecule has 1 aliphatic rings. The van der Waals surface area contributed by atoms with Crippen LogP contribution in [0.2, 0.25) is 0 Å². The van der Waals surface area contributed by atoms with Crippen molar-refractivity contribution >= 4 is 0 Å². The lowest BCUT2D eigenvalue weighted by Gasteiger charge is -2.22. The third kappa shape index (κ3) is 4.53. The van der Waals surface area contributed by atoms with Crippen LogP contribution >= 0.6 is 0 Å². The number of benzene rings is 1. The van der Waals surface area contributed by atoms with E-state index < -0.39 is 0 Å². The third-order valence-corrected chi connectivity index (χ3v) is 4.21. The predicted octanol–water partition coefficient (Wildman–Crippen LogP) is 3.30. The van der Waals surface area contributed by atoms with Crippen molar-refractivity contribution in [3.8, 4) is 0 Å². The monoisotopic (exact) mass is 291 g/mol. The number of nitrogens with one attached hydrogen (secondary N) is 1. The molecule has 0 spiro atoms. The Morgan fingerprint density at radius 1 is 1.24 bits per heavy atom. The third-order valence-electron chi connectivity index (χ3n) is 4.21. The second kappa shape index (κ2) is 7.39. The van der Waals surface area contributed by atoms with Crippen molar-refractivity contribution in [3.05, 3.63) is 35.4 Å². The summed E-state index contributed by atoms with van der Waals surface area (Å²) in [5.41, 5.74) is 2.88. The fraction of sp³-hybridized carbons (Fsp3) is 0.667. The fourth-order valence-corrected chi connectivity index (χ4v) is 2.85. The molecule has 0 saturated carbocycles. The maximum absolute atomic E-state index is 5.96. The lowest BCUT2D eigenvalue weighted by atomic mass is 9.85. The summed E-state index contributed by atoms with van der Waals surface area (Å²) in [4.78, 5) is 0. The van der Waals surface area contributed by atoms with Gasteiger partial charge in [0, 0.05) is 32.7 Å². The van der Waals surface area contributed by atoms with E-state index in [0.29, 0.717) is 5.92 Å². The van der Waals surface area contributed by atoms with Gasteiger partial charge in [-0.2, -0.15) is 0 Å². The molecule has 2 unspecified atom stereocenters. The molecule has 0 radical (unpaired) electrons. The van der Waals surface area contributed by atoms with E-state index in [1.165, 1.54) is 11.1 Å². The molecule has 1 saturated heterocycles. The summed E-state index contributed by atoms with van der Waals surface area (Å²) in [7, 11) is 1.74. The molecule has 2 rings (SSSR count). The van der Waals surface area contributed by atoms with E-state index in [0.717, 1.165) is 32.7 Å². The summed E-state index contributed by atoms with van der Waals surface area (Å²) in [6.45, 7) is 10.3. The Morgan fingerprint density at radius 3 is 2.57 bits per heavy atom. The molecule has 1 aromatic carbocycles. The van der Waals surface area contributed by atoms with Gasteiger partial charge in [0.05, 0.1) is 12.7 Å². The van der Waals surface area contributed by atoms with Gasteiger partial charge in [0.25, 0.3) is 0 Å². The van der Waals surface area contributed by atoms with E-state index >= 15 is 0 Å². The highest BCUT2D eigenvalue weighted by Gasteiger charge is 2.29. The zero-order valence-corrected chi connectivity index (χ0v) is 13.8. The van der Waals surface area contributed by atoms with E-state index in [2.05, 4.69) is 50.4 Å². The van der Waals surface area contributed by atoms with Gasteiger partial charge in [-0.15, -0.1) is 0 Å². The molecule has 2 atom stereocenters. The first-order valence-electron chi connectivity index (χ1n) is 7.94. The number of methoxy groups -OCH3 is 1. The molecule has 0 amide bonds. The van der Waals surface area contributed by atoms with Gasteiger partial charge in [-0.1, -0.05) is 45.0 Å². The first-order chi connectivity index (χ1) is 10.0. The van der Waals surface area contributed by atoms with E-state index in [9.17, 15) is 0 Å². The Hall–Kier alpha value is -0.900. The van der Waals surface area contributed by atoms with Crippen LogP contribution in [-0.2, 0) is 14.9 Å². The SMILES string of the molecule is COCCNCC1CCOC1c1ccc(C(C)(C)C)cc1. The first-order valence-corrected chi connectivity index (χ1v) is 7.94. The number of rotatable bonds is 6. The van der Waals surface area contributed by atoms with Crippen LogP contribution in [0.3, 0.4) is 0 Å². The minimum Gasteiger partial charge on any atom is -0.383 e. The van der Waals surface area contributed by atoms with Crippen molar-refractivity contribution in [1.82, 2.24) is 5.32 Å². The van der Waals surface area contributed by atoms with E-state index in [1.807, 2.05) is 0 Å². The minimum absolute atomic E-state index is 0.205. The van der Waals surface area contributed by atoms with Gasteiger partial charge in [-0.25, -0.2) is 0 Å². The molecule has 118 valence electrons. The molecule has 1 fully saturated rings. The topological polar surface area (TPSA) is 30.5 Å². The van der Waals surface area contributed by atoms with Gasteiger partial charge in [0.15, 0.2) is 0 Å². The quantitative estimate of drug-likeness (QED) is 0.816. The molecular weight excluding hydrogens is 262 g/mol. The lowest BCUT2D eigenvalue weighted by molar-refractivity contribution is 0.0898. The average Bonchev–Trinajstić information content (AvgIpc) is 2.91. The van der Waals surface area contributed by atoms with E-state index in [1.54, 1.807) is 7.11 Å². The highest BCUT2D eigenvalue weighted by Crippen LogP contribution is 2.35. The Bertz CT molecular complexity index is 422. The maximum Gasteiger partial charge on any atom is 0.0866 e. The van der Waals surface area contributed by atoms with Crippen LogP contribution in [0.1, 0.15) is 44.4 Å². The van der Waals surface area contributed by atoms with E-state index in [4.69, 9.17) is 9.47 Å². The van der Waals surface area contributed by atoms with Crippen LogP contribution < -0.4 is 5.32 Å². The Kier molecular flexibility index (Phi) is 5.80. The molecule has 3 nitrogen and oxygen atoms in total. The zero-order valence-electron chi connectivity index (χ0n) is 13.8. The Labute approximate surface area is 129 Å².